The number of H-pyrrole nitrogens is 1. The summed E-state index contributed by atoms with van der Waals surface area (Å²) in [6.07, 6.45) is 4.81. The average Bonchev–Trinajstić information content (AvgIpc) is 3.57. The van der Waals surface area contributed by atoms with Crippen LogP contribution in [0.4, 0.5) is 14.7 Å². The van der Waals surface area contributed by atoms with Crippen molar-refractivity contribution in [1.82, 2.24) is 24.7 Å². The summed E-state index contributed by atoms with van der Waals surface area (Å²) in [6.45, 7) is 3.74. The Morgan fingerprint density at radius 3 is 2.62 bits per heavy atom. The standard InChI is InChI=1S/C14H12N3OS.C9H11F2N3.Na/c1-9-14(6-11(8-18)17(9)2)19-12-3-4-13-10(5-12)7-15-16-13;10-8(11)7-3-4-12-9(13-7)14-5-1-2-6-14;/h3-7H,1-2H3,(H,15,16);3-4,8H,1-2,5-6H2;/q-1;;+1. The van der Waals surface area contributed by atoms with Gasteiger partial charge in [0, 0.05) is 48.6 Å². The average molecular weight is 493 g/mol. The van der Waals surface area contributed by atoms with Gasteiger partial charge in [0.2, 0.25) is 5.95 Å². The minimum absolute atomic E-state index is 0. The van der Waals surface area contributed by atoms with Crippen LogP contribution in [0.1, 0.15) is 36.3 Å². The van der Waals surface area contributed by atoms with Crippen LogP contribution in [0, 0.1) is 6.92 Å². The third kappa shape index (κ3) is 6.04. The number of alkyl halides is 2. The van der Waals surface area contributed by atoms with E-state index in [1.54, 1.807) is 11.8 Å². The summed E-state index contributed by atoms with van der Waals surface area (Å²) in [4.78, 5) is 22.8. The molecule has 0 bridgehead atoms. The van der Waals surface area contributed by atoms with Gasteiger partial charge in [-0.15, -0.1) is 11.8 Å². The molecule has 4 aromatic rings. The molecule has 0 atom stereocenters. The van der Waals surface area contributed by atoms with Crippen LogP contribution in [0.25, 0.3) is 10.9 Å². The summed E-state index contributed by atoms with van der Waals surface area (Å²) in [5, 5.41) is 8.02. The molecular formula is C23H23F2N6NaOS. The largest absolute Gasteiger partial charge is 1.00 e. The number of rotatable bonds is 5. The number of aromatic nitrogens is 5. The van der Waals surface area contributed by atoms with Crippen LogP contribution in [-0.2, 0) is 11.8 Å². The van der Waals surface area contributed by atoms with E-state index in [9.17, 15) is 13.6 Å². The van der Waals surface area contributed by atoms with Crippen molar-refractivity contribution < 1.29 is 43.1 Å². The molecule has 3 aromatic heterocycles. The minimum Gasteiger partial charge on any atom is -0.417 e. The molecule has 1 saturated heterocycles. The number of aromatic amines is 1. The number of hydrogen-bond acceptors (Lipinski definition) is 6. The fourth-order valence-electron chi connectivity index (χ4n) is 3.54. The summed E-state index contributed by atoms with van der Waals surface area (Å²) < 4.78 is 26.5. The molecule has 5 rings (SSSR count). The summed E-state index contributed by atoms with van der Waals surface area (Å²) in [7, 11) is 1.87. The second kappa shape index (κ2) is 11.9. The second-order valence-corrected chi connectivity index (χ2v) is 8.75. The van der Waals surface area contributed by atoms with Crippen molar-refractivity contribution in [2.45, 2.75) is 36.0 Å². The third-order valence-corrected chi connectivity index (χ3v) is 6.63. The molecule has 11 heteroatoms. The van der Waals surface area contributed by atoms with E-state index in [2.05, 4.69) is 26.2 Å². The van der Waals surface area contributed by atoms with E-state index in [1.165, 1.54) is 12.3 Å². The molecule has 0 spiro atoms. The fourth-order valence-corrected chi connectivity index (χ4v) is 4.57. The first-order valence-corrected chi connectivity index (χ1v) is 11.3. The first-order chi connectivity index (χ1) is 16.0. The predicted octanol–water partition coefficient (Wildman–Crippen LogP) is 1.84. The summed E-state index contributed by atoms with van der Waals surface area (Å²) in [5.74, 6) is 0.431. The van der Waals surface area contributed by atoms with Crippen LogP contribution >= 0.6 is 11.8 Å². The monoisotopic (exact) mass is 492 g/mol. The van der Waals surface area contributed by atoms with E-state index in [-0.39, 0.29) is 35.3 Å². The van der Waals surface area contributed by atoms with E-state index >= 15 is 0 Å². The Morgan fingerprint density at radius 1 is 1.18 bits per heavy atom. The third-order valence-electron chi connectivity index (χ3n) is 5.51. The first kappa shape index (κ1) is 26.3. The van der Waals surface area contributed by atoms with Crippen LogP contribution in [0.15, 0.2) is 52.5 Å². The molecule has 7 nitrogen and oxygen atoms in total. The molecule has 0 radical (unpaired) electrons. The van der Waals surface area contributed by atoms with Crippen molar-refractivity contribution in [2.75, 3.05) is 18.0 Å². The van der Waals surface area contributed by atoms with Crippen molar-refractivity contribution in [3.8, 4) is 0 Å². The Kier molecular flexibility index (Phi) is 9.24. The Hall–Kier alpha value is -2.27. The van der Waals surface area contributed by atoms with Gasteiger partial charge in [-0.25, -0.2) is 18.7 Å². The molecule has 1 aliphatic heterocycles. The zero-order valence-electron chi connectivity index (χ0n) is 19.3. The summed E-state index contributed by atoms with van der Waals surface area (Å²) >= 11 is 1.64. The number of halogens is 2. The van der Waals surface area contributed by atoms with E-state index in [0.29, 0.717) is 11.6 Å². The Labute approximate surface area is 222 Å². The Balaban J connectivity index is 0.000000193. The van der Waals surface area contributed by atoms with Crippen LogP contribution in [0.2, 0.25) is 0 Å². The van der Waals surface area contributed by atoms with E-state index in [1.807, 2.05) is 54.1 Å². The van der Waals surface area contributed by atoms with Crippen LogP contribution in [0.3, 0.4) is 0 Å². The molecule has 1 aliphatic rings. The first-order valence-electron chi connectivity index (χ1n) is 10.5. The molecule has 34 heavy (non-hydrogen) atoms. The number of nitrogens with zero attached hydrogens (tertiary/aromatic N) is 5. The number of benzene rings is 1. The zero-order valence-corrected chi connectivity index (χ0v) is 22.1. The molecule has 0 unspecified atom stereocenters. The topological polar surface area (TPSA) is 79.7 Å². The molecule has 0 aliphatic carbocycles. The summed E-state index contributed by atoms with van der Waals surface area (Å²) in [5.41, 5.74) is 2.47. The Morgan fingerprint density at radius 2 is 1.94 bits per heavy atom. The van der Waals surface area contributed by atoms with Gasteiger partial charge in [0.25, 0.3) is 6.43 Å². The van der Waals surface area contributed by atoms with Crippen LogP contribution < -0.4 is 34.5 Å². The molecule has 4 heterocycles. The number of carbonyl (C=O) groups excluding carboxylic acids is 1. The molecule has 1 fully saturated rings. The van der Waals surface area contributed by atoms with Gasteiger partial charge < -0.3 is 14.3 Å². The van der Waals surface area contributed by atoms with Crippen molar-refractivity contribution in [2.24, 2.45) is 7.05 Å². The van der Waals surface area contributed by atoms with Gasteiger partial charge >= 0.3 is 29.6 Å². The van der Waals surface area contributed by atoms with Crippen molar-refractivity contribution in [3.63, 3.8) is 0 Å². The van der Waals surface area contributed by atoms with Gasteiger partial charge in [-0.05, 0) is 48.9 Å². The van der Waals surface area contributed by atoms with Gasteiger partial charge in [-0.1, -0.05) is 5.69 Å². The predicted molar refractivity (Wildman–Crippen MR) is 124 cm³/mol. The maximum atomic E-state index is 12.3. The number of fused-ring (bicyclic) bond motifs is 1. The van der Waals surface area contributed by atoms with Gasteiger partial charge in [0.15, 0.2) is 0 Å². The Bertz CT molecular complexity index is 1260. The SMILES string of the molecule is Cc1c(Sc2ccc3[nH]ncc3c2)cc([C-]=O)n1C.FC(F)c1ccnc(N2CCCC2)n1.[Na+]. The van der Waals surface area contributed by atoms with Crippen molar-refractivity contribution in [1.29, 1.82) is 0 Å². The van der Waals surface area contributed by atoms with Gasteiger partial charge in [-0.2, -0.15) is 11.2 Å². The van der Waals surface area contributed by atoms with Crippen molar-refractivity contribution in [3.05, 3.63) is 59.8 Å². The smallest absolute Gasteiger partial charge is 0.417 e. The van der Waals surface area contributed by atoms with E-state index in [0.717, 1.165) is 52.3 Å². The van der Waals surface area contributed by atoms with Crippen LogP contribution in [0.5, 0.6) is 0 Å². The van der Waals surface area contributed by atoms with Gasteiger partial charge in [-0.3, -0.25) is 5.10 Å². The van der Waals surface area contributed by atoms with Gasteiger partial charge in [0.05, 0.1) is 11.7 Å². The molecule has 0 amide bonds. The number of anilines is 1. The summed E-state index contributed by atoms with van der Waals surface area (Å²) in [6, 6.07) is 9.26. The number of hydrogen-bond donors (Lipinski definition) is 1. The number of nitrogens with one attached hydrogen (secondary N) is 1. The molecule has 172 valence electrons. The van der Waals surface area contributed by atoms with Crippen molar-refractivity contribution >= 4 is 34.9 Å². The molecule has 1 aromatic carbocycles. The van der Waals surface area contributed by atoms with E-state index in [4.69, 9.17) is 0 Å². The minimum atomic E-state index is -2.51. The maximum Gasteiger partial charge on any atom is 1.00 e. The quantitative estimate of drug-likeness (QED) is 0.338. The fraction of sp³-hybridized carbons (Fsp3) is 0.304. The van der Waals surface area contributed by atoms with Gasteiger partial charge in [0.1, 0.15) is 5.69 Å². The molecule has 1 N–H and O–H groups in total. The second-order valence-electron chi connectivity index (χ2n) is 7.64. The maximum absolute atomic E-state index is 12.3. The van der Waals surface area contributed by atoms with Crippen LogP contribution in [-0.4, -0.2) is 44.1 Å². The van der Waals surface area contributed by atoms with E-state index < -0.39 is 6.43 Å². The molecular weight excluding hydrogens is 469 g/mol. The zero-order chi connectivity index (χ0) is 23.4. The normalized spacial score (nSPS) is 13.0. The molecule has 0 saturated carbocycles.